The van der Waals surface area contributed by atoms with Gasteiger partial charge in [-0.2, -0.15) is 0 Å². The predicted octanol–water partition coefficient (Wildman–Crippen LogP) is 5.69. The summed E-state index contributed by atoms with van der Waals surface area (Å²) < 4.78 is 27.2. The van der Waals surface area contributed by atoms with Gasteiger partial charge < -0.3 is 14.9 Å². The summed E-state index contributed by atoms with van der Waals surface area (Å²) in [6.45, 7) is 0.519. The first-order valence-electron chi connectivity index (χ1n) is 10.2. The molecule has 4 rings (SSSR count). The first kappa shape index (κ1) is 22.9. The maximum atomic E-state index is 14.0. The monoisotopic (exact) mass is 484 g/mol. The van der Waals surface area contributed by atoms with Crippen LogP contribution in [-0.4, -0.2) is 22.0 Å². The number of para-hydroxylation sites is 1. The predicted molar refractivity (Wildman–Crippen MR) is 128 cm³/mol. The Morgan fingerprint density at radius 3 is 2.61 bits per heavy atom. The number of nitrogens with one attached hydrogen (secondary N) is 1. The van der Waals surface area contributed by atoms with Crippen LogP contribution in [-0.2, 0) is 18.9 Å². The zero-order valence-electron chi connectivity index (χ0n) is 17.9. The van der Waals surface area contributed by atoms with Crippen LogP contribution in [0.1, 0.15) is 16.7 Å². The quantitative estimate of drug-likeness (QED) is 0.292. The van der Waals surface area contributed by atoms with Gasteiger partial charge in [0.2, 0.25) is 5.16 Å². The average Bonchev–Trinajstić information content (AvgIpc) is 3.29. The van der Waals surface area contributed by atoms with E-state index in [1.54, 1.807) is 48.1 Å². The van der Waals surface area contributed by atoms with Crippen molar-refractivity contribution in [3.05, 3.63) is 101 Å². The van der Waals surface area contributed by atoms with E-state index >= 15 is 0 Å². The van der Waals surface area contributed by atoms with Crippen molar-refractivity contribution in [1.82, 2.24) is 14.9 Å². The molecule has 33 heavy (non-hydrogen) atoms. The zero-order valence-corrected chi connectivity index (χ0v) is 19.4. The van der Waals surface area contributed by atoms with Gasteiger partial charge in [-0.15, -0.1) is 10.2 Å². The summed E-state index contributed by atoms with van der Waals surface area (Å²) in [5.74, 6) is 1.55. The van der Waals surface area contributed by atoms with Gasteiger partial charge >= 0.3 is 0 Å². The summed E-state index contributed by atoms with van der Waals surface area (Å²) in [5.41, 5.74) is 5.76. The lowest BCUT2D eigenvalue weighted by Crippen LogP contribution is -2.15. The molecule has 4 aromatic rings. The normalized spacial score (nSPS) is 10.8. The van der Waals surface area contributed by atoms with Gasteiger partial charge in [-0.25, -0.2) is 9.07 Å². The number of halogens is 2. The highest BCUT2D eigenvalue weighted by Gasteiger charge is 2.13. The van der Waals surface area contributed by atoms with Gasteiger partial charge in [-0.05, 0) is 29.8 Å². The number of ether oxygens (including phenoxy) is 2. The second kappa shape index (κ2) is 11.1. The number of hydrogen-bond donors (Lipinski definition) is 1. The summed E-state index contributed by atoms with van der Waals surface area (Å²) in [4.78, 5) is 0. The second-order valence-corrected chi connectivity index (χ2v) is 8.44. The first-order valence-corrected chi connectivity index (χ1v) is 11.5. The summed E-state index contributed by atoms with van der Waals surface area (Å²) >= 11 is 7.51. The third-order valence-corrected chi connectivity index (χ3v) is 6.11. The Morgan fingerprint density at radius 1 is 1.03 bits per heavy atom. The Labute approximate surface area is 200 Å². The number of nitrogens with zero attached hydrogens (tertiary/aromatic N) is 3. The number of thioether (sulfide) groups is 1. The highest BCUT2D eigenvalue weighted by molar-refractivity contribution is 7.98. The zero-order chi connectivity index (χ0) is 23.0. The van der Waals surface area contributed by atoms with Crippen molar-refractivity contribution < 1.29 is 13.9 Å². The van der Waals surface area contributed by atoms with Crippen LogP contribution in [0.4, 0.5) is 4.39 Å². The lowest BCUT2D eigenvalue weighted by Gasteiger charge is -2.17. The maximum absolute atomic E-state index is 14.0. The van der Waals surface area contributed by atoms with Crippen LogP contribution in [0.5, 0.6) is 11.5 Å². The third kappa shape index (κ3) is 5.97. The van der Waals surface area contributed by atoms with Crippen molar-refractivity contribution >= 4 is 23.4 Å². The minimum atomic E-state index is -0.307. The fourth-order valence-electron chi connectivity index (χ4n) is 3.12. The molecule has 1 heterocycles. The highest BCUT2D eigenvalue weighted by Crippen LogP contribution is 2.32. The molecule has 0 saturated carbocycles. The third-order valence-electron chi connectivity index (χ3n) is 4.85. The summed E-state index contributed by atoms with van der Waals surface area (Å²) in [5, 5.41) is 9.64. The van der Waals surface area contributed by atoms with E-state index in [-0.39, 0.29) is 12.4 Å². The van der Waals surface area contributed by atoms with E-state index in [1.165, 1.54) is 6.07 Å². The van der Waals surface area contributed by atoms with Crippen molar-refractivity contribution in [2.45, 2.75) is 24.1 Å². The Bertz CT molecular complexity index is 1200. The molecule has 0 fully saturated rings. The number of aromatic nitrogens is 3. The van der Waals surface area contributed by atoms with Crippen LogP contribution < -0.4 is 14.9 Å². The molecule has 0 spiro atoms. The Morgan fingerprint density at radius 2 is 1.82 bits per heavy atom. The SMILES string of the molecule is COc1cccc(CNn2cnnc2SCc2ccc(Cl)cc2)c1OCc1ccccc1F. The Balaban J connectivity index is 1.44. The van der Waals surface area contributed by atoms with Gasteiger partial charge in [0, 0.05) is 21.9 Å². The smallest absolute Gasteiger partial charge is 0.210 e. The molecule has 0 aliphatic heterocycles. The molecule has 0 unspecified atom stereocenters. The largest absolute Gasteiger partial charge is 0.493 e. The average molecular weight is 485 g/mol. The topological polar surface area (TPSA) is 61.2 Å². The minimum Gasteiger partial charge on any atom is -0.493 e. The van der Waals surface area contributed by atoms with E-state index in [4.69, 9.17) is 21.1 Å². The molecule has 1 N–H and O–H groups in total. The van der Waals surface area contributed by atoms with Gasteiger partial charge in [-0.1, -0.05) is 65.8 Å². The number of rotatable bonds is 10. The summed E-state index contributed by atoms with van der Waals surface area (Å²) in [6, 6.07) is 19.9. The van der Waals surface area contributed by atoms with Crippen molar-refractivity contribution in [1.29, 1.82) is 0 Å². The molecular weight excluding hydrogens is 463 g/mol. The van der Waals surface area contributed by atoms with Crippen molar-refractivity contribution in [2.24, 2.45) is 0 Å². The van der Waals surface area contributed by atoms with Gasteiger partial charge in [0.25, 0.3) is 0 Å². The van der Waals surface area contributed by atoms with Crippen molar-refractivity contribution in [3.8, 4) is 11.5 Å². The van der Waals surface area contributed by atoms with Crippen LogP contribution in [0, 0.1) is 5.82 Å². The van der Waals surface area contributed by atoms with E-state index in [2.05, 4.69) is 15.6 Å². The van der Waals surface area contributed by atoms with E-state index < -0.39 is 0 Å². The molecule has 0 saturated heterocycles. The molecule has 170 valence electrons. The standard InChI is InChI=1S/C24H22ClFN4O2S/c1-31-22-8-4-6-18(23(22)32-14-19-5-2-3-7-21(19)26)13-28-30-16-27-29-24(30)33-15-17-9-11-20(25)12-10-17/h2-12,16,28H,13-15H2,1H3. The molecule has 0 atom stereocenters. The van der Waals surface area contributed by atoms with Crippen LogP contribution in [0.25, 0.3) is 0 Å². The number of benzene rings is 3. The van der Waals surface area contributed by atoms with Crippen LogP contribution in [0.3, 0.4) is 0 Å². The fraction of sp³-hybridized carbons (Fsp3) is 0.167. The summed E-state index contributed by atoms with van der Waals surface area (Å²) in [7, 11) is 1.58. The number of hydrogen-bond acceptors (Lipinski definition) is 6. The van der Waals surface area contributed by atoms with E-state index in [0.29, 0.717) is 28.6 Å². The van der Waals surface area contributed by atoms with Gasteiger partial charge in [0.1, 0.15) is 18.8 Å². The molecule has 0 aliphatic carbocycles. The lowest BCUT2D eigenvalue weighted by molar-refractivity contribution is 0.277. The maximum Gasteiger partial charge on any atom is 0.210 e. The van der Waals surface area contributed by atoms with E-state index in [0.717, 1.165) is 22.0 Å². The van der Waals surface area contributed by atoms with E-state index in [1.807, 2.05) is 42.5 Å². The van der Waals surface area contributed by atoms with Gasteiger partial charge in [-0.3, -0.25) is 0 Å². The second-order valence-electron chi connectivity index (χ2n) is 7.06. The van der Waals surface area contributed by atoms with Crippen molar-refractivity contribution in [3.63, 3.8) is 0 Å². The molecule has 3 aromatic carbocycles. The van der Waals surface area contributed by atoms with Gasteiger partial charge in [0.05, 0.1) is 13.7 Å². The van der Waals surface area contributed by atoms with Crippen molar-refractivity contribution in [2.75, 3.05) is 12.5 Å². The molecular formula is C24H22ClFN4O2S. The van der Waals surface area contributed by atoms with Crippen LogP contribution >= 0.6 is 23.4 Å². The molecule has 0 amide bonds. The van der Waals surface area contributed by atoms with Crippen LogP contribution in [0.15, 0.2) is 78.2 Å². The van der Waals surface area contributed by atoms with Gasteiger partial charge in [0.15, 0.2) is 11.5 Å². The Hall–Kier alpha value is -3.23. The molecule has 0 aliphatic rings. The fourth-order valence-corrected chi connectivity index (χ4v) is 4.09. The first-order chi connectivity index (χ1) is 16.1. The minimum absolute atomic E-state index is 0.0921. The van der Waals surface area contributed by atoms with E-state index in [9.17, 15) is 4.39 Å². The highest BCUT2D eigenvalue weighted by atomic mass is 35.5. The molecule has 0 bridgehead atoms. The Kier molecular flexibility index (Phi) is 7.70. The molecule has 9 heteroatoms. The van der Waals surface area contributed by atoms with Crippen LogP contribution in [0.2, 0.25) is 5.02 Å². The lowest BCUT2D eigenvalue weighted by atomic mass is 10.2. The molecule has 1 aromatic heterocycles. The summed E-state index contributed by atoms with van der Waals surface area (Å²) in [6.07, 6.45) is 1.62. The molecule has 6 nitrogen and oxygen atoms in total. The number of methoxy groups -OCH3 is 1. The molecule has 0 radical (unpaired) electrons.